The van der Waals surface area contributed by atoms with E-state index in [2.05, 4.69) is 0 Å². The van der Waals surface area contributed by atoms with Crippen LogP contribution in [0.3, 0.4) is 0 Å². The zero-order valence-corrected chi connectivity index (χ0v) is 9.11. The van der Waals surface area contributed by atoms with Crippen molar-refractivity contribution in [2.24, 2.45) is 0 Å². The maximum atomic E-state index is 13.8. The van der Waals surface area contributed by atoms with Crippen molar-refractivity contribution < 1.29 is 9.50 Å². The molecule has 1 N–H and O–H groups in total. The first-order valence-electron chi connectivity index (χ1n) is 4.54. The molecule has 0 fully saturated rings. The molecule has 0 saturated heterocycles. The van der Waals surface area contributed by atoms with Gasteiger partial charge in [0.05, 0.1) is 0 Å². The summed E-state index contributed by atoms with van der Waals surface area (Å²) in [5.41, 5.74) is -0.216. The molecule has 0 aromatic heterocycles. The summed E-state index contributed by atoms with van der Waals surface area (Å²) < 4.78 is 13.8. The number of benzene rings is 1. The molecule has 0 saturated carbocycles. The van der Waals surface area contributed by atoms with Gasteiger partial charge in [-0.15, -0.1) is 0 Å². The Balaban J connectivity index is 3.22. The monoisotopic (exact) mass is 216 g/mol. The lowest BCUT2D eigenvalue weighted by atomic mass is 9.93. The van der Waals surface area contributed by atoms with Crippen LogP contribution >= 0.6 is 11.6 Å². The van der Waals surface area contributed by atoms with E-state index in [1.165, 1.54) is 13.8 Å². The van der Waals surface area contributed by atoms with E-state index in [1.54, 1.807) is 18.2 Å². The maximum absolute atomic E-state index is 13.8. The van der Waals surface area contributed by atoms with Gasteiger partial charge in [-0.3, -0.25) is 0 Å². The molecule has 0 atom stereocenters. The van der Waals surface area contributed by atoms with Gasteiger partial charge in [0.1, 0.15) is 5.67 Å². The van der Waals surface area contributed by atoms with E-state index in [0.717, 1.165) is 5.56 Å². The summed E-state index contributed by atoms with van der Waals surface area (Å²) in [5, 5.41) is 9.26. The second-order valence-corrected chi connectivity index (χ2v) is 4.13. The van der Waals surface area contributed by atoms with Crippen LogP contribution in [0.4, 0.5) is 4.39 Å². The summed E-state index contributed by atoms with van der Waals surface area (Å²) in [7, 11) is 0. The Labute approximate surface area is 88.5 Å². The van der Waals surface area contributed by atoms with E-state index in [0.29, 0.717) is 17.0 Å². The second kappa shape index (κ2) is 4.28. The van der Waals surface area contributed by atoms with Gasteiger partial charge in [0, 0.05) is 17.2 Å². The molecule has 0 aliphatic rings. The Hall–Kier alpha value is -0.600. The number of halogens is 2. The average molecular weight is 217 g/mol. The molecule has 0 radical (unpaired) electrons. The van der Waals surface area contributed by atoms with E-state index >= 15 is 0 Å². The molecular formula is C11H14ClFO. The van der Waals surface area contributed by atoms with Crippen molar-refractivity contribution in [3.8, 4) is 0 Å². The largest absolute Gasteiger partial charge is 0.396 e. The molecule has 3 heteroatoms. The molecule has 0 aliphatic heterocycles. The lowest BCUT2D eigenvalue weighted by Crippen LogP contribution is -2.14. The SMILES string of the molecule is CC(C)(F)c1c(Cl)cccc1CCO. The molecule has 0 unspecified atom stereocenters. The molecule has 14 heavy (non-hydrogen) atoms. The third-order valence-corrected chi connectivity index (χ3v) is 2.39. The standard InChI is InChI=1S/C11H14ClFO/c1-11(2,13)10-8(6-7-14)4-3-5-9(10)12/h3-5,14H,6-7H2,1-2H3. The molecular weight excluding hydrogens is 203 g/mol. The summed E-state index contributed by atoms with van der Waals surface area (Å²) in [6, 6.07) is 5.22. The van der Waals surface area contributed by atoms with E-state index in [-0.39, 0.29) is 6.61 Å². The van der Waals surface area contributed by atoms with Crippen molar-refractivity contribution in [3.63, 3.8) is 0 Å². The summed E-state index contributed by atoms with van der Waals surface area (Å²) >= 11 is 5.93. The zero-order valence-electron chi connectivity index (χ0n) is 8.35. The third-order valence-electron chi connectivity index (χ3n) is 2.08. The molecule has 0 amide bonds. The number of alkyl halides is 1. The highest BCUT2D eigenvalue weighted by atomic mass is 35.5. The number of rotatable bonds is 3. The fourth-order valence-corrected chi connectivity index (χ4v) is 1.98. The Bertz CT molecular complexity index is 318. The van der Waals surface area contributed by atoms with E-state index in [4.69, 9.17) is 16.7 Å². The maximum Gasteiger partial charge on any atom is 0.132 e. The van der Waals surface area contributed by atoms with Crippen LogP contribution < -0.4 is 0 Å². The second-order valence-electron chi connectivity index (χ2n) is 3.72. The first-order valence-corrected chi connectivity index (χ1v) is 4.92. The molecule has 78 valence electrons. The zero-order chi connectivity index (χ0) is 10.8. The van der Waals surface area contributed by atoms with Crippen molar-refractivity contribution in [1.29, 1.82) is 0 Å². The van der Waals surface area contributed by atoms with Crippen molar-refractivity contribution >= 4 is 11.6 Å². The Morgan fingerprint density at radius 3 is 2.57 bits per heavy atom. The van der Waals surface area contributed by atoms with Gasteiger partial charge in [-0.25, -0.2) is 4.39 Å². The minimum absolute atomic E-state index is 0.00340. The van der Waals surface area contributed by atoms with E-state index in [9.17, 15) is 4.39 Å². The minimum atomic E-state index is -1.47. The van der Waals surface area contributed by atoms with Crippen molar-refractivity contribution in [3.05, 3.63) is 34.3 Å². The fraction of sp³-hybridized carbons (Fsp3) is 0.455. The van der Waals surface area contributed by atoms with Gasteiger partial charge in [-0.2, -0.15) is 0 Å². The van der Waals surface area contributed by atoms with Gasteiger partial charge in [0.2, 0.25) is 0 Å². The predicted molar refractivity (Wildman–Crippen MR) is 56.4 cm³/mol. The van der Waals surface area contributed by atoms with Crippen molar-refractivity contribution in [2.75, 3.05) is 6.61 Å². The molecule has 0 bridgehead atoms. The Morgan fingerprint density at radius 2 is 2.07 bits per heavy atom. The first kappa shape index (κ1) is 11.5. The summed E-state index contributed by atoms with van der Waals surface area (Å²) in [5.74, 6) is 0. The first-order chi connectivity index (χ1) is 6.46. The topological polar surface area (TPSA) is 20.2 Å². The van der Waals surface area contributed by atoms with Crippen molar-refractivity contribution in [2.45, 2.75) is 25.9 Å². The number of hydrogen-bond donors (Lipinski definition) is 1. The van der Waals surface area contributed by atoms with Crippen LogP contribution in [0, 0.1) is 0 Å². The quantitative estimate of drug-likeness (QED) is 0.824. The fourth-order valence-electron chi connectivity index (χ4n) is 1.56. The van der Waals surface area contributed by atoms with E-state index < -0.39 is 5.67 Å². The van der Waals surface area contributed by atoms with Gasteiger partial charge < -0.3 is 5.11 Å². The third kappa shape index (κ3) is 2.46. The molecule has 0 heterocycles. The van der Waals surface area contributed by atoms with Gasteiger partial charge >= 0.3 is 0 Å². The molecule has 1 aromatic rings. The van der Waals surface area contributed by atoms with Crippen LogP contribution in [0.1, 0.15) is 25.0 Å². The summed E-state index contributed by atoms with van der Waals surface area (Å²) in [6.07, 6.45) is 0.434. The number of hydrogen-bond acceptors (Lipinski definition) is 1. The highest BCUT2D eigenvalue weighted by molar-refractivity contribution is 6.31. The van der Waals surface area contributed by atoms with Crippen LogP contribution in [0.15, 0.2) is 18.2 Å². The minimum Gasteiger partial charge on any atom is -0.396 e. The predicted octanol–water partition coefficient (Wildman–Crippen LogP) is 3.08. The van der Waals surface area contributed by atoms with Crippen LogP contribution in [-0.2, 0) is 12.1 Å². The lowest BCUT2D eigenvalue weighted by Gasteiger charge is -2.20. The Morgan fingerprint density at radius 1 is 1.43 bits per heavy atom. The van der Waals surface area contributed by atoms with Crippen molar-refractivity contribution in [1.82, 2.24) is 0 Å². The molecule has 1 rings (SSSR count). The smallest absolute Gasteiger partial charge is 0.132 e. The highest BCUT2D eigenvalue weighted by Crippen LogP contribution is 2.34. The van der Waals surface area contributed by atoms with Crippen LogP contribution in [-0.4, -0.2) is 11.7 Å². The van der Waals surface area contributed by atoms with E-state index in [1.807, 2.05) is 0 Å². The summed E-state index contributed by atoms with van der Waals surface area (Å²) in [4.78, 5) is 0. The Kier molecular flexibility index (Phi) is 3.51. The molecule has 1 nitrogen and oxygen atoms in total. The molecule has 0 aliphatic carbocycles. The number of aliphatic hydroxyl groups is 1. The lowest BCUT2D eigenvalue weighted by molar-refractivity contribution is 0.218. The number of aliphatic hydroxyl groups excluding tert-OH is 1. The average Bonchev–Trinajstić information content (AvgIpc) is 2.02. The van der Waals surface area contributed by atoms with Gasteiger partial charge in [-0.1, -0.05) is 23.7 Å². The van der Waals surface area contributed by atoms with Gasteiger partial charge in [0.25, 0.3) is 0 Å². The van der Waals surface area contributed by atoms with Crippen LogP contribution in [0.25, 0.3) is 0 Å². The molecule has 0 spiro atoms. The van der Waals surface area contributed by atoms with Gasteiger partial charge in [-0.05, 0) is 31.9 Å². The molecule has 1 aromatic carbocycles. The van der Waals surface area contributed by atoms with Crippen LogP contribution in [0.2, 0.25) is 5.02 Å². The normalized spacial score (nSPS) is 11.8. The highest BCUT2D eigenvalue weighted by Gasteiger charge is 2.24. The van der Waals surface area contributed by atoms with Crippen LogP contribution in [0.5, 0.6) is 0 Å². The van der Waals surface area contributed by atoms with Gasteiger partial charge in [0.15, 0.2) is 0 Å². The summed E-state index contributed by atoms with van der Waals surface area (Å²) in [6.45, 7) is 2.94.